The lowest BCUT2D eigenvalue weighted by Crippen LogP contribution is -2.28. The maximum absolute atomic E-state index is 13.4. The lowest BCUT2D eigenvalue weighted by Gasteiger charge is -2.16. The van der Waals surface area contributed by atoms with Gasteiger partial charge in [-0.25, -0.2) is 4.79 Å². The van der Waals surface area contributed by atoms with Crippen molar-refractivity contribution in [1.29, 1.82) is 0 Å². The van der Waals surface area contributed by atoms with Crippen LogP contribution in [0.4, 0.5) is 16.2 Å². The Morgan fingerprint density at radius 3 is 2.30 bits per heavy atom. The van der Waals surface area contributed by atoms with E-state index in [2.05, 4.69) is 26.6 Å². The fourth-order valence-electron chi connectivity index (χ4n) is 5.07. The molecule has 0 saturated heterocycles. The number of hydrogen-bond donors (Lipinski definition) is 5. The minimum absolute atomic E-state index is 0.173. The highest BCUT2D eigenvalue weighted by Crippen LogP contribution is 2.37. The summed E-state index contributed by atoms with van der Waals surface area (Å²) in [6.45, 7) is 4.89. The summed E-state index contributed by atoms with van der Waals surface area (Å²) < 4.78 is 0. The van der Waals surface area contributed by atoms with Gasteiger partial charge in [0.2, 0.25) is 0 Å². The highest BCUT2D eigenvalue weighted by Gasteiger charge is 2.29. The van der Waals surface area contributed by atoms with Gasteiger partial charge in [-0.15, -0.1) is 0 Å². The van der Waals surface area contributed by atoms with Gasteiger partial charge in [-0.3, -0.25) is 9.59 Å². The molecule has 1 atom stereocenters. The van der Waals surface area contributed by atoms with Crippen molar-refractivity contribution in [2.45, 2.75) is 26.3 Å². The van der Waals surface area contributed by atoms with Crippen LogP contribution in [0.5, 0.6) is 0 Å². The molecule has 218 valence electrons. The van der Waals surface area contributed by atoms with Gasteiger partial charge in [-0.05, 0) is 67.3 Å². The third-order valence-corrected chi connectivity index (χ3v) is 7.22. The Bertz CT molecular complexity index is 1650. The predicted molar refractivity (Wildman–Crippen MR) is 171 cm³/mol. The minimum atomic E-state index is -0.248. The van der Waals surface area contributed by atoms with E-state index in [4.69, 9.17) is 0 Å². The summed E-state index contributed by atoms with van der Waals surface area (Å²) in [5, 5.41) is 15.1. The molecule has 0 unspecified atom stereocenters. The summed E-state index contributed by atoms with van der Waals surface area (Å²) in [6.07, 6.45) is 0.656. The number of anilines is 2. The van der Waals surface area contributed by atoms with Crippen LogP contribution in [0.25, 0.3) is 11.3 Å². The normalized spacial score (nSPS) is 13.8. The Hall–Kier alpha value is -5.37. The van der Waals surface area contributed by atoms with E-state index >= 15 is 0 Å². The summed E-state index contributed by atoms with van der Waals surface area (Å²) >= 11 is 0. The average Bonchev–Trinajstić information content (AvgIpc) is 3.35. The summed E-state index contributed by atoms with van der Waals surface area (Å²) in [4.78, 5) is 38.5. The lowest BCUT2D eigenvalue weighted by atomic mass is 9.98. The van der Waals surface area contributed by atoms with Crippen LogP contribution in [0.1, 0.15) is 52.5 Å². The van der Waals surface area contributed by atoms with E-state index < -0.39 is 0 Å². The molecule has 43 heavy (non-hydrogen) atoms. The topological polar surface area (TPSA) is 111 Å². The van der Waals surface area contributed by atoms with Crippen LogP contribution in [-0.4, -0.2) is 30.9 Å². The van der Waals surface area contributed by atoms with Crippen LogP contribution in [0, 0.1) is 0 Å². The first-order valence-corrected chi connectivity index (χ1v) is 14.4. The number of fused-ring (bicyclic) bond motifs is 1. The summed E-state index contributed by atoms with van der Waals surface area (Å²) in [6, 6.07) is 32.0. The molecule has 0 bridgehead atoms. The van der Waals surface area contributed by atoms with Gasteiger partial charge in [-0.2, -0.15) is 0 Å². The standard InChI is InChI=1S/C35H35N5O3/c1-3-36-35(43)39-28-16-10-11-24(21-28)19-20-37-32(26-14-8-5-9-15-26)31-29-22-27(17-18-30(29)40-34(31)42)33(41)38-23(2)25-12-6-4-7-13-25/h4-18,21-23,37H,3,19-20H2,1-2H3,(H,38,41)(H,40,42)(H2,36,39,43)/b32-31-/t23-/m1/s1. The molecule has 4 aromatic carbocycles. The van der Waals surface area contributed by atoms with Crippen LogP contribution < -0.4 is 26.6 Å². The van der Waals surface area contributed by atoms with E-state index in [0.29, 0.717) is 53.3 Å². The summed E-state index contributed by atoms with van der Waals surface area (Å²) in [5.41, 5.74) is 6.58. The zero-order valence-electron chi connectivity index (χ0n) is 24.2. The van der Waals surface area contributed by atoms with E-state index in [0.717, 1.165) is 16.7 Å². The van der Waals surface area contributed by atoms with Gasteiger partial charge in [0.15, 0.2) is 0 Å². The number of benzene rings is 4. The molecule has 5 rings (SSSR count). The molecule has 4 amide bonds. The Morgan fingerprint density at radius 1 is 0.814 bits per heavy atom. The second-order valence-electron chi connectivity index (χ2n) is 10.3. The van der Waals surface area contributed by atoms with Crippen molar-refractivity contribution < 1.29 is 14.4 Å². The SMILES string of the molecule is CCNC(=O)Nc1cccc(CCN/C(=C2\C(=O)Nc3ccc(C(=O)N[C@H](C)c4ccccc4)cc32)c2ccccc2)c1. The maximum atomic E-state index is 13.4. The van der Waals surface area contributed by atoms with E-state index in [9.17, 15) is 14.4 Å². The molecular formula is C35H35N5O3. The highest BCUT2D eigenvalue weighted by atomic mass is 16.2. The van der Waals surface area contributed by atoms with Gasteiger partial charge < -0.3 is 26.6 Å². The molecule has 0 radical (unpaired) electrons. The van der Waals surface area contributed by atoms with Crippen molar-refractivity contribution in [3.05, 3.63) is 131 Å². The molecule has 0 aromatic heterocycles. The molecule has 1 heterocycles. The number of rotatable bonds is 10. The van der Waals surface area contributed by atoms with E-state index in [1.54, 1.807) is 18.2 Å². The Balaban J connectivity index is 1.39. The zero-order valence-corrected chi connectivity index (χ0v) is 24.2. The van der Waals surface area contributed by atoms with Gasteiger partial charge in [-0.1, -0.05) is 72.8 Å². The molecule has 8 heteroatoms. The Kier molecular flexibility index (Phi) is 9.17. The number of urea groups is 1. The van der Waals surface area contributed by atoms with Crippen molar-refractivity contribution in [1.82, 2.24) is 16.0 Å². The van der Waals surface area contributed by atoms with E-state index in [1.807, 2.05) is 98.8 Å². The lowest BCUT2D eigenvalue weighted by molar-refractivity contribution is -0.110. The summed E-state index contributed by atoms with van der Waals surface area (Å²) in [5.74, 6) is -0.446. The molecule has 0 aliphatic carbocycles. The zero-order chi connectivity index (χ0) is 30.2. The van der Waals surface area contributed by atoms with Crippen LogP contribution >= 0.6 is 0 Å². The molecule has 4 aromatic rings. The Morgan fingerprint density at radius 2 is 1.56 bits per heavy atom. The molecule has 0 spiro atoms. The fourth-order valence-corrected chi connectivity index (χ4v) is 5.07. The third-order valence-electron chi connectivity index (χ3n) is 7.22. The molecule has 8 nitrogen and oxygen atoms in total. The first kappa shape index (κ1) is 29.1. The minimum Gasteiger partial charge on any atom is -0.384 e. The van der Waals surface area contributed by atoms with Crippen molar-refractivity contribution >= 4 is 40.5 Å². The molecule has 0 saturated carbocycles. The van der Waals surface area contributed by atoms with E-state index in [1.165, 1.54) is 0 Å². The first-order chi connectivity index (χ1) is 20.9. The van der Waals surface area contributed by atoms with Crippen molar-refractivity contribution in [3.63, 3.8) is 0 Å². The molecule has 1 aliphatic heterocycles. The van der Waals surface area contributed by atoms with Gasteiger partial charge >= 0.3 is 6.03 Å². The average molecular weight is 574 g/mol. The van der Waals surface area contributed by atoms with Gasteiger partial charge in [0.05, 0.1) is 17.3 Å². The first-order valence-electron chi connectivity index (χ1n) is 14.4. The van der Waals surface area contributed by atoms with Gasteiger partial charge in [0.25, 0.3) is 11.8 Å². The number of carbonyl (C=O) groups is 3. The number of carbonyl (C=O) groups excluding carboxylic acids is 3. The van der Waals surface area contributed by atoms with E-state index in [-0.39, 0.29) is 23.9 Å². The van der Waals surface area contributed by atoms with Gasteiger partial charge in [0.1, 0.15) is 0 Å². The van der Waals surface area contributed by atoms with Crippen molar-refractivity contribution in [3.8, 4) is 0 Å². The van der Waals surface area contributed by atoms with Crippen LogP contribution in [-0.2, 0) is 11.2 Å². The van der Waals surface area contributed by atoms with Crippen LogP contribution in [0.2, 0.25) is 0 Å². The van der Waals surface area contributed by atoms with Crippen LogP contribution in [0.15, 0.2) is 103 Å². The second kappa shape index (κ2) is 13.5. The molecule has 0 fully saturated rings. The monoisotopic (exact) mass is 573 g/mol. The summed E-state index contributed by atoms with van der Waals surface area (Å²) in [7, 11) is 0. The quantitative estimate of drug-likeness (QED) is 0.151. The smallest absolute Gasteiger partial charge is 0.319 e. The van der Waals surface area contributed by atoms with Gasteiger partial charge in [0, 0.05) is 35.6 Å². The molecular weight excluding hydrogens is 538 g/mol. The maximum Gasteiger partial charge on any atom is 0.319 e. The largest absolute Gasteiger partial charge is 0.384 e. The number of amides is 4. The van der Waals surface area contributed by atoms with Crippen molar-refractivity contribution in [2.24, 2.45) is 0 Å². The van der Waals surface area contributed by atoms with Crippen LogP contribution in [0.3, 0.4) is 0 Å². The second-order valence-corrected chi connectivity index (χ2v) is 10.3. The Labute approximate surface area is 251 Å². The fraction of sp³-hybridized carbons (Fsp3) is 0.171. The van der Waals surface area contributed by atoms with Crippen molar-refractivity contribution in [2.75, 3.05) is 23.7 Å². The number of nitrogens with one attached hydrogen (secondary N) is 5. The highest BCUT2D eigenvalue weighted by molar-refractivity contribution is 6.36. The third kappa shape index (κ3) is 7.11. The molecule has 1 aliphatic rings. The predicted octanol–water partition coefficient (Wildman–Crippen LogP) is 5.97. The molecule has 5 N–H and O–H groups in total. The number of hydrogen-bond acceptors (Lipinski definition) is 4.